The van der Waals surface area contributed by atoms with Crippen LogP contribution >= 0.6 is 11.3 Å². The quantitative estimate of drug-likeness (QED) is 0.176. The zero-order valence-electron chi connectivity index (χ0n) is 38.4. The van der Waals surface area contributed by atoms with Gasteiger partial charge in [-0.1, -0.05) is 26.8 Å². The Kier molecular flexibility index (Phi) is 13.1. The lowest BCUT2D eigenvalue weighted by molar-refractivity contribution is -0.155. The molecule has 3 aromatic heterocycles. The Morgan fingerprint density at radius 3 is 2.56 bits per heavy atom. The van der Waals surface area contributed by atoms with Crippen LogP contribution in [0, 0.1) is 5.41 Å². The van der Waals surface area contributed by atoms with Gasteiger partial charge in [-0.3, -0.25) is 24.5 Å². The van der Waals surface area contributed by atoms with Gasteiger partial charge in [-0.25, -0.2) is 15.2 Å². The Morgan fingerprint density at radius 1 is 1.11 bits per heavy atom. The molecule has 0 aliphatic carbocycles. The Labute approximate surface area is 375 Å². The molecule has 3 saturated heterocycles. The van der Waals surface area contributed by atoms with Crippen LogP contribution in [0.15, 0.2) is 35.8 Å². The van der Waals surface area contributed by atoms with E-state index in [1.54, 1.807) is 27.9 Å². The number of benzene rings is 1. The number of rotatable bonds is 7. The molecule has 3 fully saturated rings. The number of nitrogens with zero attached hydrogens (tertiary/aromatic N) is 5. The second-order valence-corrected chi connectivity index (χ2v) is 20.5. The second kappa shape index (κ2) is 18.2. The zero-order valence-corrected chi connectivity index (χ0v) is 39.2. The van der Waals surface area contributed by atoms with E-state index in [0.29, 0.717) is 42.8 Å². The molecule has 0 radical (unpaired) electrons. The van der Waals surface area contributed by atoms with Gasteiger partial charge < -0.3 is 28.8 Å². The van der Waals surface area contributed by atoms with Crippen LogP contribution < -0.4 is 10.7 Å². The molecule has 7 heterocycles. The minimum Gasteiger partial charge on any atom is -0.464 e. The van der Waals surface area contributed by atoms with Crippen LogP contribution in [0.2, 0.25) is 0 Å². The van der Waals surface area contributed by atoms with E-state index in [1.165, 1.54) is 21.9 Å². The Hall–Kier alpha value is -4.41. The molecule has 340 valence electrons. The van der Waals surface area contributed by atoms with E-state index in [0.717, 1.165) is 90.4 Å². The summed E-state index contributed by atoms with van der Waals surface area (Å²) in [6.07, 6.45) is 4.94. The fourth-order valence-corrected chi connectivity index (χ4v) is 10.5. The first-order valence-corrected chi connectivity index (χ1v) is 23.6. The average Bonchev–Trinajstić information content (AvgIpc) is 3.85. The number of amides is 2. The molecule has 15 heteroatoms. The van der Waals surface area contributed by atoms with Crippen LogP contribution in [0.5, 0.6) is 0 Å². The number of hydrogen-bond acceptors (Lipinski definition) is 12. The summed E-state index contributed by atoms with van der Waals surface area (Å²) >= 11 is 1.45. The van der Waals surface area contributed by atoms with Crippen molar-refractivity contribution in [3.05, 3.63) is 57.7 Å². The van der Waals surface area contributed by atoms with Crippen LogP contribution in [0.1, 0.15) is 121 Å². The van der Waals surface area contributed by atoms with E-state index < -0.39 is 41.1 Å². The van der Waals surface area contributed by atoms with Gasteiger partial charge in [-0.2, -0.15) is 0 Å². The minimum absolute atomic E-state index is 0.162. The third-order valence-corrected chi connectivity index (χ3v) is 14.2. The summed E-state index contributed by atoms with van der Waals surface area (Å²) in [7, 11) is 1.73. The van der Waals surface area contributed by atoms with Crippen LogP contribution in [0.4, 0.5) is 4.79 Å². The van der Waals surface area contributed by atoms with E-state index in [4.69, 9.17) is 28.9 Å². The number of alkyl carbamates (subject to hydrolysis) is 1. The van der Waals surface area contributed by atoms with Gasteiger partial charge in [-0.15, -0.1) is 11.3 Å². The number of ether oxygens (including phenoxy) is 4. The monoisotopic (exact) mass is 883 g/mol. The Morgan fingerprint density at radius 2 is 1.87 bits per heavy atom. The van der Waals surface area contributed by atoms with Crippen molar-refractivity contribution in [2.45, 2.75) is 136 Å². The number of carbonyl (C=O) groups excluding carboxylic acids is 3. The van der Waals surface area contributed by atoms with Gasteiger partial charge >= 0.3 is 12.1 Å². The standard InChI is InChI=1S/C48H65N7O7S/c1-10-54-39-14-13-31-20-34(39)36(42(54)35-21-32(23-49-41(35)29(3)59-9)30-15-18-53(19-16-30)33-24-60-25-33)22-48(7,8)27-61-45(57)37-12-11-17-55(52-37)44(56)40(51-46(58)62-47(4,5)6)28(2)43-50-38(31)26-63-43/h13-14,20-21,23,26,28-30,33,37,40,52H,10-12,15-19,22,24-25,27H2,1-9H3,(H,51,58)/t28-,29-,37-,40-/m0/s1. The maximum absolute atomic E-state index is 14.4. The Balaban J connectivity index is 1.25. The summed E-state index contributed by atoms with van der Waals surface area (Å²) in [5.41, 5.74) is 10.1. The van der Waals surface area contributed by atoms with Gasteiger partial charge in [0.25, 0.3) is 5.91 Å². The summed E-state index contributed by atoms with van der Waals surface area (Å²) in [5, 5.41) is 8.11. The first-order chi connectivity index (χ1) is 30.0. The van der Waals surface area contributed by atoms with Gasteiger partial charge in [0.15, 0.2) is 0 Å². The van der Waals surface area contributed by atoms with Crippen LogP contribution in [0.3, 0.4) is 0 Å². The number of likely N-dealkylation sites (tertiary alicyclic amines) is 1. The fraction of sp³-hybridized carbons (Fsp3) is 0.604. The first-order valence-electron chi connectivity index (χ1n) is 22.7. The molecule has 1 aromatic carbocycles. The summed E-state index contributed by atoms with van der Waals surface area (Å²) in [6.45, 7) is 20.7. The predicted octanol–water partition coefficient (Wildman–Crippen LogP) is 7.75. The number of pyridine rings is 1. The van der Waals surface area contributed by atoms with Crippen molar-refractivity contribution < 1.29 is 33.3 Å². The lowest BCUT2D eigenvalue weighted by Crippen LogP contribution is -2.61. The number of aromatic nitrogens is 3. The molecule has 2 amide bonds. The molecule has 0 saturated carbocycles. The highest BCUT2D eigenvalue weighted by Crippen LogP contribution is 2.44. The summed E-state index contributed by atoms with van der Waals surface area (Å²) in [4.78, 5) is 54.4. The largest absolute Gasteiger partial charge is 0.464 e. The molecule has 14 nitrogen and oxygen atoms in total. The van der Waals surface area contributed by atoms with Crippen LogP contribution in [-0.2, 0) is 41.5 Å². The van der Waals surface area contributed by atoms with E-state index in [2.05, 4.69) is 78.4 Å². The van der Waals surface area contributed by atoms with E-state index in [1.807, 2.05) is 12.3 Å². The number of esters is 1. The lowest BCUT2D eigenvalue weighted by atomic mass is 9.83. The van der Waals surface area contributed by atoms with Crippen molar-refractivity contribution in [2.75, 3.05) is 46.6 Å². The lowest BCUT2D eigenvalue weighted by Gasteiger charge is -2.41. The maximum Gasteiger partial charge on any atom is 0.408 e. The third kappa shape index (κ3) is 9.54. The van der Waals surface area contributed by atoms with Crippen molar-refractivity contribution >= 4 is 40.2 Å². The van der Waals surface area contributed by atoms with Crippen molar-refractivity contribution in [1.29, 1.82) is 0 Å². The molecule has 0 spiro atoms. The molecule has 4 aromatic rings. The second-order valence-electron chi connectivity index (χ2n) is 19.6. The van der Waals surface area contributed by atoms with Gasteiger partial charge in [0.2, 0.25) is 0 Å². The zero-order chi connectivity index (χ0) is 44.8. The van der Waals surface area contributed by atoms with Gasteiger partial charge in [0, 0.05) is 65.1 Å². The number of methoxy groups -OCH3 is 1. The number of hydrogen-bond donors (Lipinski definition) is 2. The average molecular weight is 884 g/mol. The smallest absolute Gasteiger partial charge is 0.408 e. The Bertz CT molecular complexity index is 2320. The highest BCUT2D eigenvalue weighted by Gasteiger charge is 2.39. The third-order valence-electron chi connectivity index (χ3n) is 13.2. The fourth-order valence-electron chi connectivity index (χ4n) is 9.56. The first kappa shape index (κ1) is 45.2. The summed E-state index contributed by atoms with van der Waals surface area (Å²) in [5.74, 6) is -0.931. The topological polar surface area (TPSA) is 149 Å². The van der Waals surface area contributed by atoms with E-state index in [9.17, 15) is 14.4 Å². The molecular weight excluding hydrogens is 819 g/mol. The summed E-state index contributed by atoms with van der Waals surface area (Å²) in [6, 6.07) is 7.68. The van der Waals surface area contributed by atoms with Gasteiger partial charge in [0.1, 0.15) is 17.7 Å². The molecule has 4 aliphatic heterocycles. The number of aryl methyl sites for hydroxylation is 1. The highest BCUT2D eigenvalue weighted by atomic mass is 32.1. The maximum atomic E-state index is 14.4. The van der Waals surface area contributed by atoms with E-state index in [-0.39, 0.29) is 18.6 Å². The number of cyclic esters (lactones) is 1. The van der Waals surface area contributed by atoms with Crippen molar-refractivity contribution in [1.82, 2.24) is 35.2 Å². The van der Waals surface area contributed by atoms with Crippen molar-refractivity contribution in [3.8, 4) is 22.5 Å². The summed E-state index contributed by atoms with van der Waals surface area (Å²) < 4.78 is 25.7. The van der Waals surface area contributed by atoms with E-state index >= 15 is 0 Å². The molecule has 63 heavy (non-hydrogen) atoms. The number of fused-ring (bicyclic) bond motifs is 6. The molecule has 6 bridgehead atoms. The van der Waals surface area contributed by atoms with Crippen molar-refractivity contribution in [2.24, 2.45) is 5.41 Å². The minimum atomic E-state index is -1.02. The normalized spacial score (nSPS) is 23.5. The molecule has 4 aliphatic rings. The number of thiazole rings is 1. The SMILES string of the molecule is CCn1c(-c2cc(C3CCN(C4COC4)CC3)cnc2[C@H](C)OC)c2c3cc(ccc31)-c1csc(n1)[C@@H](C)[C@H](NC(=O)OC(C)(C)C)C(=O)N1CCC[C@H](N1)C(=O)OCC(C)(C)C2. The predicted molar refractivity (Wildman–Crippen MR) is 243 cm³/mol. The number of hydrazine groups is 1. The van der Waals surface area contributed by atoms with Crippen LogP contribution in [0.25, 0.3) is 33.4 Å². The van der Waals surface area contributed by atoms with Crippen LogP contribution in [-0.4, -0.2) is 113 Å². The number of nitrogens with one attached hydrogen (secondary N) is 2. The van der Waals surface area contributed by atoms with Gasteiger partial charge in [0.05, 0.1) is 54.1 Å². The van der Waals surface area contributed by atoms with Crippen molar-refractivity contribution in [3.63, 3.8) is 0 Å². The van der Waals surface area contributed by atoms with Gasteiger partial charge in [-0.05, 0) is 115 Å². The number of carbonyl (C=O) groups is 3. The highest BCUT2D eigenvalue weighted by molar-refractivity contribution is 7.10. The molecule has 0 unspecified atom stereocenters. The number of piperidine rings is 1. The molecule has 2 N–H and O–H groups in total. The molecular formula is C48H65N7O7S. The molecule has 4 atom stereocenters. The molecule has 8 rings (SSSR count).